The van der Waals surface area contributed by atoms with E-state index in [9.17, 15) is 24.6 Å². The van der Waals surface area contributed by atoms with Gasteiger partial charge in [0.15, 0.2) is 0 Å². The number of hydrogen-bond donors (Lipinski definition) is 2. The van der Waals surface area contributed by atoms with Crippen LogP contribution in [0.3, 0.4) is 0 Å². The predicted octanol–water partition coefficient (Wildman–Crippen LogP) is 2.26. The minimum atomic E-state index is -1.11. The number of hydrogen-bond acceptors (Lipinski definition) is 6. The van der Waals surface area contributed by atoms with Crippen LogP contribution in [-0.4, -0.2) is 46.7 Å². The molecule has 0 bridgehead atoms. The second-order valence-corrected chi connectivity index (χ2v) is 7.00. The van der Waals surface area contributed by atoms with Crippen LogP contribution in [-0.2, 0) is 9.59 Å². The number of aromatic hydroxyl groups is 1. The summed E-state index contributed by atoms with van der Waals surface area (Å²) >= 11 is 0. The lowest BCUT2D eigenvalue weighted by Crippen LogP contribution is -2.29. The third kappa shape index (κ3) is 4.96. The van der Waals surface area contributed by atoms with Crippen LogP contribution in [0.4, 0.5) is 0 Å². The van der Waals surface area contributed by atoms with Crippen molar-refractivity contribution in [2.75, 3.05) is 19.7 Å². The van der Waals surface area contributed by atoms with Gasteiger partial charge in [0.05, 0.1) is 18.5 Å². The monoisotopic (exact) mass is 401 g/mol. The number of carbonyl (C=O) groups is 2. The van der Waals surface area contributed by atoms with Crippen molar-refractivity contribution in [2.45, 2.75) is 32.1 Å². The Morgan fingerprint density at radius 1 is 1.28 bits per heavy atom. The number of carboxylic acids is 1. The van der Waals surface area contributed by atoms with E-state index in [1.165, 1.54) is 13.0 Å². The Balaban J connectivity index is 1.75. The van der Waals surface area contributed by atoms with Gasteiger partial charge >= 0.3 is 11.6 Å². The maximum absolute atomic E-state index is 12.2. The van der Waals surface area contributed by atoms with E-state index in [4.69, 9.17) is 9.15 Å². The number of rotatable bonds is 8. The van der Waals surface area contributed by atoms with Crippen molar-refractivity contribution in [1.82, 2.24) is 4.90 Å². The second kappa shape index (κ2) is 8.81. The molecule has 1 amide bonds. The summed E-state index contributed by atoms with van der Waals surface area (Å²) < 4.78 is 10.7. The quantitative estimate of drug-likeness (QED) is 0.697. The largest absolute Gasteiger partial charge is 0.507 e. The number of aryl methyl sites for hydroxylation is 1. The molecule has 1 unspecified atom stereocenters. The lowest BCUT2D eigenvalue weighted by atomic mass is 9.89. The number of ether oxygens (including phenoxy) is 1. The summed E-state index contributed by atoms with van der Waals surface area (Å²) in [5.41, 5.74) is -0.301. The average molecular weight is 401 g/mol. The van der Waals surface area contributed by atoms with Gasteiger partial charge in [0.2, 0.25) is 5.91 Å². The Morgan fingerprint density at radius 2 is 2.00 bits per heavy atom. The van der Waals surface area contributed by atoms with Crippen molar-refractivity contribution >= 4 is 11.9 Å². The fourth-order valence-corrected chi connectivity index (χ4v) is 3.50. The van der Waals surface area contributed by atoms with E-state index in [1.807, 2.05) is 0 Å². The van der Waals surface area contributed by atoms with Gasteiger partial charge in [-0.15, -0.1) is 0 Å². The van der Waals surface area contributed by atoms with E-state index in [0.717, 1.165) is 13.0 Å². The Labute approximate surface area is 167 Å². The summed E-state index contributed by atoms with van der Waals surface area (Å²) in [5, 5.41) is 19.5. The van der Waals surface area contributed by atoms with Crippen LogP contribution < -0.4 is 10.4 Å². The van der Waals surface area contributed by atoms with Gasteiger partial charge in [-0.2, -0.15) is 0 Å². The Morgan fingerprint density at radius 3 is 2.59 bits per heavy atom. The number of likely N-dealkylation sites (tertiary alicyclic amines) is 1. The Kier molecular flexibility index (Phi) is 6.21. The smallest absolute Gasteiger partial charge is 0.343 e. The lowest BCUT2D eigenvalue weighted by molar-refractivity contribution is -0.137. The highest BCUT2D eigenvalue weighted by molar-refractivity contribution is 5.78. The van der Waals surface area contributed by atoms with Gasteiger partial charge in [-0.3, -0.25) is 9.59 Å². The van der Waals surface area contributed by atoms with Crippen LogP contribution in [0.1, 0.15) is 42.1 Å². The Hall–Kier alpha value is -3.29. The fourth-order valence-electron chi connectivity index (χ4n) is 3.50. The van der Waals surface area contributed by atoms with Gasteiger partial charge in [-0.05, 0) is 31.0 Å². The van der Waals surface area contributed by atoms with Gasteiger partial charge < -0.3 is 24.3 Å². The first-order chi connectivity index (χ1) is 13.8. The third-order valence-electron chi connectivity index (χ3n) is 4.90. The molecule has 154 valence electrons. The first-order valence-electron chi connectivity index (χ1n) is 9.41. The molecule has 29 heavy (non-hydrogen) atoms. The normalized spacial score (nSPS) is 14.8. The highest BCUT2D eigenvalue weighted by Crippen LogP contribution is 2.33. The molecule has 1 aliphatic heterocycles. The molecular formula is C21H23NO7. The number of aliphatic carboxylic acids is 1. The molecule has 0 aliphatic carbocycles. The van der Waals surface area contributed by atoms with Crippen LogP contribution >= 0.6 is 0 Å². The van der Waals surface area contributed by atoms with Crippen molar-refractivity contribution < 1.29 is 29.0 Å². The summed E-state index contributed by atoms with van der Waals surface area (Å²) in [6.45, 7) is 3.14. The number of nitrogens with zero attached hydrogens (tertiary/aromatic N) is 1. The second-order valence-electron chi connectivity index (χ2n) is 7.00. The predicted molar refractivity (Wildman–Crippen MR) is 103 cm³/mol. The average Bonchev–Trinajstić information content (AvgIpc) is 3.05. The van der Waals surface area contributed by atoms with Crippen molar-refractivity contribution in [2.24, 2.45) is 0 Å². The van der Waals surface area contributed by atoms with E-state index in [0.29, 0.717) is 30.9 Å². The minimum absolute atomic E-state index is 0.0841. The number of carboxylic acid groups (broad SMARTS) is 1. The van der Waals surface area contributed by atoms with Crippen LogP contribution in [0.5, 0.6) is 11.5 Å². The molecule has 1 fully saturated rings. The molecule has 1 aromatic carbocycles. The molecular weight excluding hydrogens is 378 g/mol. The number of amides is 1. The van der Waals surface area contributed by atoms with E-state index >= 15 is 0 Å². The molecule has 8 nitrogen and oxygen atoms in total. The standard InChI is InChI=1S/C21H23NO7/c1-13-11-17(23)20(21(27)29-13)16(12-19(25)26)14-4-6-15(7-5-14)28-10-9-22-8-2-3-18(22)24/h4-7,11,16,23H,2-3,8-10,12H2,1H3,(H,25,26). The van der Waals surface area contributed by atoms with E-state index in [-0.39, 0.29) is 29.4 Å². The third-order valence-corrected chi connectivity index (χ3v) is 4.90. The highest BCUT2D eigenvalue weighted by atomic mass is 16.5. The zero-order chi connectivity index (χ0) is 21.0. The molecule has 1 aliphatic rings. The van der Waals surface area contributed by atoms with E-state index < -0.39 is 17.5 Å². The van der Waals surface area contributed by atoms with E-state index in [1.54, 1.807) is 29.2 Å². The van der Waals surface area contributed by atoms with Crippen molar-refractivity contribution in [3.8, 4) is 11.5 Å². The summed E-state index contributed by atoms with van der Waals surface area (Å²) in [5.74, 6) is -1.32. The number of benzene rings is 1. The molecule has 3 rings (SSSR count). The molecule has 2 heterocycles. The van der Waals surface area contributed by atoms with Crippen LogP contribution in [0.15, 0.2) is 39.5 Å². The summed E-state index contributed by atoms with van der Waals surface area (Å²) in [4.78, 5) is 36.9. The Bertz CT molecular complexity index is 948. The highest BCUT2D eigenvalue weighted by Gasteiger charge is 2.25. The van der Waals surface area contributed by atoms with Crippen LogP contribution in [0.2, 0.25) is 0 Å². The molecule has 2 N–H and O–H groups in total. The topological polar surface area (TPSA) is 117 Å². The molecule has 0 spiro atoms. The van der Waals surface area contributed by atoms with Crippen molar-refractivity contribution in [1.29, 1.82) is 0 Å². The molecule has 8 heteroatoms. The van der Waals surface area contributed by atoms with Crippen LogP contribution in [0, 0.1) is 6.92 Å². The summed E-state index contributed by atoms with van der Waals surface area (Å²) in [6.07, 6.45) is 1.08. The summed E-state index contributed by atoms with van der Waals surface area (Å²) in [7, 11) is 0. The summed E-state index contributed by atoms with van der Waals surface area (Å²) in [6, 6.07) is 7.94. The molecule has 1 aromatic heterocycles. The van der Waals surface area contributed by atoms with Crippen LogP contribution in [0.25, 0.3) is 0 Å². The zero-order valence-electron chi connectivity index (χ0n) is 16.1. The molecule has 1 saturated heterocycles. The van der Waals surface area contributed by atoms with E-state index in [2.05, 4.69) is 0 Å². The van der Waals surface area contributed by atoms with Gasteiger partial charge in [-0.1, -0.05) is 12.1 Å². The first kappa shape index (κ1) is 20.4. The van der Waals surface area contributed by atoms with Gasteiger partial charge in [0.1, 0.15) is 23.9 Å². The van der Waals surface area contributed by atoms with Gasteiger partial charge in [0, 0.05) is 24.9 Å². The van der Waals surface area contributed by atoms with Crippen molar-refractivity contribution in [3.05, 3.63) is 57.6 Å². The molecule has 1 atom stereocenters. The minimum Gasteiger partial charge on any atom is -0.507 e. The zero-order valence-corrected chi connectivity index (χ0v) is 16.1. The fraction of sp³-hybridized carbons (Fsp3) is 0.381. The van der Waals surface area contributed by atoms with Gasteiger partial charge in [-0.25, -0.2) is 4.79 Å². The van der Waals surface area contributed by atoms with Crippen molar-refractivity contribution in [3.63, 3.8) is 0 Å². The number of carbonyl (C=O) groups excluding carboxylic acids is 1. The molecule has 0 saturated carbocycles. The lowest BCUT2D eigenvalue weighted by Gasteiger charge is -2.18. The molecule has 2 aromatic rings. The molecule has 0 radical (unpaired) electrons. The maximum Gasteiger partial charge on any atom is 0.343 e. The van der Waals surface area contributed by atoms with Gasteiger partial charge in [0.25, 0.3) is 0 Å². The first-order valence-corrected chi connectivity index (χ1v) is 9.41. The maximum atomic E-state index is 12.2. The SMILES string of the molecule is Cc1cc(O)c(C(CC(=O)O)c2ccc(OCCN3CCCC3=O)cc2)c(=O)o1.